The van der Waals surface area contributed by atoms with Crippen LogP contribution in [0.3, 0.4) is 0 Å². The van der Waals surface area contributed by atoms with Gasteiger partial charge in [-0.15, -0.1) is 0 Å². The first-order chi connectivity index (χ1) is 8.58. The van der Waals surface area contributed by atoms with E-state index in [2.05, 4.69) is 21.2 Å². The second kappa shape index (κ2) is 5.71. The molecule has 2 rings (SSSR count). The number of hydrogen-bond acceptors (Lipinski definition) is 3. The molecular weight excluding hydrogens is 296 g/mol. The van der Waals surface area contributed by atoms with E-state index in [9.17, 15) is 4.79 Å². The second-order valence-electron chi connectivity index (χ2n) is 4.61. The van der Waals surface area contributed by atoms with Gasteiger partial charge < -0.3 is 15.8 Å². The molecule has 1 atom stereocenters. The summed E-state index contributed by atoms with van der Waals surface area (Å²) in [4.78, 5) is 12.1. The highest BCUT2D eigenvalue weighted by molar-refractivity contribution is 9.10. The van der Waals surface area contributed by atoms with Gasteiger partial charge in [-0.05, 0) is 31.0 Å². The number of nitrogens with two attached hydrogens (primary N) is 1. The van der Waals surface area contributed by atoms with Crippen molar-refractivity contribution in [2.75, 3.05) is 25.5 Å². The van der Waals surface area contributed by atoms with E-state index in [1.807, 2.05) is 6.92 Å². The van der Waals surface area contributed by atoms with Gasteiger partial charge in [0.2, 0.25) is 0 Å². The highest BCUT2D eigenvalue weighted by Gasteiger charge is 2.18. The quantitative estimate of drug-likeness (QED) is 0.840. The summed E-state index contributed by atoms with van der Waals surface area (Å²) in [6, 6.07) is 3.60. The maximum Gasteiger partial charge on any atom is 0.251 e. The average molecular weight is 313 g/mol. The molecule has 1 unspecified atom stereocenters. The zero-order valence-corrected chi connectivity index (χ0v) is 11.9. The molecule has 1 aromatic rings. The number of hydrogen-bond donors (Lipinski definition) is 2. The number of ether oxygens (including phenoxy) is 1. The van der Waals surface area contributed by atoms with Crippen LogP contribution in [0.15, 0.2) is 16.6 Å². The molecule has 0 aliphatic carbocycles. The molecule has 5 heteroatoms. The first-order valence-corrected chi connectivity index (χ1v) is 6.79. The van der Waals surface area contributed by atoms with E-state index in [1.54, 1.807) is 12.1 Å². The molecule has 18 heavy (non-hydrogen) atoms. The Bertz CT molecular complexity index is 457. The summed E-state index contributed by atoms with van der Waals surface area (Å²) in [5.74, 6) is 0.353. The minimum absolute atomic E-state index is 0.0765. The molecule has 1 fully saturated rings. The highest BCUT2D eigenvalue weighted by atomic mass is 79.9. The largest absolute Gasteiger partial charge is 0.398 e. The molecule has 3 N–H and O–H groups in total. The first kappa shape index (κ1) is 13.4. The lowest BCUT2D eigenvalue weighted by atomic mass is 10.1. The number of carbonyl (C=O) groups excluding carboxylic acids is 1. The summed E-state index contributed by atoms with van der Waals surface area (Å²) in [6.45, 7) is 4.04. The third kappa shape index (κ3) is 3.03. The molecule has 0 bridgehead atoms. The number of nitrogens with one attached hydrogen (secondary N) is 1. The van der Waals surface area contributed by atoms with Crippen LogP contribution in [0.1, 0.15) is 22.3 Å². The molecule has 1 aromatic carbocycles. The van der Waals surface area contributed by atoms with Crippen molar-refractivity contribution in [3.05, 3.63) is 27.7 Å². The minimum Gasteiger partial charge on any atom is -0.398 e. The average Bonchev–Trinajstić information content (AvgIpc) is 2.83. The molecule has 1 heterocycles. The third-order valence-corrected chi connectivity index (χ3v) is 3.69. The SMILES string of the molecule is Cc1c(N)cc(Br)cc1C(=O)NCC1CCOC1. The number of carbonyl (C=O) groups is 1. The summed E-state index contributed by atoms with van der Waals surface area (Å²) in [5, 5.41) is 2.94. The molecule has 1 saturated heterocycles. The molecule has 0 saturated carbocycles. The van der Waals surface area contributed by atoms with Gasteiger partial charge in [-0.3, -0.25) is 4.79 Å². The molecule has 1 aliphatic rings. The molecule has 0 radical (unpaired) electrons. The van der Waals surface area contributed by atoms with Gasteiger partial charge in [0.15, 0.2) is 0 Å². The van der Waals surface area contributed by atoms with Crippen molar-refractivity contribution >= 4 is 27.5 Å². The number of amides is 1. The van der Waals surface area contributed by atoms with E-state index in [0.717, 1.165) is 29.7 Å². The van der Waals surface area contributed by atoms with Crippen LogP contribution in [-0.4, -0.2) is 25.7 Å². The predicted molar refractivity (Wildman–Crippen MR) is 74.6 cm³/mol. The van der Waals surface area contributed by atoms with E-state index in [4.69, 9.17) is 10.5 Å². The Morgan fingerprint density at radius 1 is 1.61 bits per heavy atom. The summed E-state index contributed by atoms with van der Waals surface area (Å²) >= 11 is 3.35. The van der Waals surface area contributed by atoms with Crippen molar-refractivity contribution < 1.29 is 9.53 Å². The van der Waals surface area contributed by atoms with Crippen LogP contribution in [0.25, 0.3) is 0 Å². The van der Waals surface area contributed by atoms with Crippen LogP contribution in [0.4, 0.5) is 5.69 Å². The smallest absolute Gasteiger partial charge is 0.251 e. The summed E-state index contributed by atoms with van der Waals surface area (Å²) in [7, 11) is 0. The zero-order valence-electron chi connectivity index (χ0n) is 10.3. The lowest BCUT2D eigenvalue weighted by Crippen LogP contribution is -2.30. The highest BCUT2D eigenvalue weighted by Crippen LogP contribution is 2.22. The molecular formula is C13H17BrN2O2. The maximum atomic E-state index is 12.1. The maximum absolute atomic E-state index is 12.1. The van der Waals surface area contributed by atoms with Crippen LogP contribution in [0.2, 0.25) is 0 Å². The van der Waals surface area contributed by atoms with Crippen molar-refractivity contribution in [1.29, 1.82) is 0 Å². The first-order valence-electron chi connectivity index (χ1n) is 5.99. The summed E-state index contributed by atoms with van der Waals surface area (Å²) in [5.41, 5.74) is 7.92. The van der Waals surface area contributed by atoms with Gasteiger partial charge in [0.05, 0.1) is 6.61 Å². The van der Waals surface area contributed by atoms with Crippen molar-refractivity contribution in [3.63, 3.8) is 0 Å². The third-order valence-electron chi connectivity index (χ3n) is 3.23. The Kier molecular flexibility index (Phi) is 4.24. The number of halogens is 1. The Hall–Kier alpha value is -1.07. The van der Waals surface area contributed by atoms with Crippen LogP contribution in [-0.2, 0) is 4.74 Å². The van der Waals surface area contributed by atoms with E-state index in [-0.39, 0.29) is 5.91 Å². The van der Waals surface area contributed by atoms with Gasteiger partial charge in [-0.2, -0.15) is 0 Å². The number of benzene rings is 1. The minimum atomic E-state index is -0.0765. The molecule has 0 aromatic heterocycles. The van der Waals surface area contributed by atoms with Crippen molar-refractivity contribution in [2.24, 2.45) is 5.92 Å². The molecule has 0 spiro atoms. The van der Waals surface area contributed by atoms with Gasteiger partial charge in [-0.25, -0.2) is 0 Å². The Morgan fingerprint density at radius 2 is 2.39 bits per heavy atom. The molecule has 1 aliphatic heterocycles. The van der Waals surface area contributed by atoms with Crippen LogP contribution >= 0.6 is 15.9 Å². The van der Waals surface area contributed by atoms with Gasteiger partial charge >= 0.3 is 0 Å². The molecule has 4 nitrogen and oxygen atoms in total. The van der Waals surface area contributed by atoms with E-state index in [0.29, 0.717) is 23.7 Å². The van der Waals surface area contributed by atoms with Gasteiger partial charge in [0.25, 0.3) is 5.91 Å². The fourth-order valence-corrected chi connectivity index (χ4v) is 2.49. The van der Waals surface area contributed by atoms with Crippen LogP contribution in [0, 0.1) is 12.8 Å². The molecule has 1 amide bonds. The normalized spacial score (nSPS) is 18.9. The second-order valence-corrected chi connectivity index (χ2v) is 5.52. The topological polar surface area (TPSA) is 64.4 Å². The zero-order chi connectivity index (χ0) is 13.1. The van der Waals surface area contributed by atoms with E-state index < -0.39 is 0 Å². The predicted octanol–water partition coefficient (Wildman–Crippen LogP) is 2.11. The number of rotatable bonds is 3. The van der Waals surface area contributed by atoms with Crippen molar-refractivity contribution in [1.82, 2.24) is 5.32 Å². The lowest BCUT2D eigenvalue weighted by Gasteiger charge is -2.12. The van der Waals surface area contributed by atoms with Crippen molar-refractivity contribution in [2.45, 2.75) is 13.3 Å². The summed E-state index contributed by atoms with van der Waals surface area (Å²) in [6.07, 6.45) is 1.01. The fourth-order valence-electron chi connectivity index (χ4n) is 2.01. The Balaban J connectivity index is 2.04. The lowest BCUT2D eigenvalue weighted by molar-refractivity contribution is 0.0944. The fraction of sp³-hybridized carbons (Fsp3) is 0.462. The van der Waals surface area contributed by atoms with Gasteiger partial charge in [0.1, 0.15) is 0 Å². The van der Waals surface area contributed by atoms with Crippen LogP contribution in [0.5, 0.6) is 0 Å². The monoisotopic (exact) mass is 312 g/mol. The Labute approximate surface area is 115 Å². The van der Waals surface area contributed by atoms with Gasteiger partial charge in [-0.1, -0.05) is 15.9 Å². The molecule has 98 valence electrons. The standard InChI is InChI=1S/C13H17BrN2O2/c1-8-11(4-10(14)5-12(8)15)13(17)16-6-9-2-3-18-7-9/h4-5,9H,2-3,6-7,15H2,1H3,(H,16,17). The van der Waals surface area contributed by atoms with Crippen LogP contribution < -0.4 is 11.1 Å². The van der Waals surface area contributed by atoms with Crippen molar-refractivity contribution in [3.8, 4) is 0 Å². The summed E-state index contributed by atoms with van der Waals surface area (Å²) < 4.78 is 6.10. The number of anilines is 1. The van der Waals surface area contributed by atoms with E-state index >= 15 is 0 Å². The van der Waals surface area contributed by atoms with E-state index in [1.165, 1.54) is 0 Å². The van der Waals surface area contributed by atoms with Gasteiger partial charge in [0, 0.05) is 34.8 Å². The Morgan fingerprint density at radius 3 is 3.06 bits per heavy atom. The number of nitrogen functional groups attached to an aromatic ring is 1.